The number of carboxylic acids is 1. The first-order valence-electron chi connectivity index (χ1n) is 10.2. The monoisotopic (exact) mass is 408 g/mol. The summed E-state index contributed by atoms with van der Waals surface area (Å²) < 4.78 is 5.08. The molecule has 0 heterocycles. The van der Waals surface area contributed by atoms with Crippen LogP contribution in [-0.2, 0) is 20.5 Å². The van der Waals surface area contributed by atoms with E-state index >= 15 is 0 Å². The minimum Gasteiger partial charge on any atom is -0.478 e. The average molecular weight is 408 g/mol. The van der Waals surface area contributed by atoms with E-state index in [1.54, 1.807) is 31.2 Å². The third-order valence-electron chi connectivity index (χ3n) is 5.81. The van der Waals surface area contributed by atoms with E-state index in [0.717, 1.165) is 28.7 Å². The zero-order valence-electron chi connectivity index (χ0n) is 17.6. The van der Waals surface area contributed by atoms with Crippen molar-refractivity contribution < 1.29 is 24.5 Å². The predicted octanol–water partition coefficient (Wildman–Crippen LogP) is 4.77. The Morgan fingerprint density at radius 1 is 1.00 bits per heavy atom. The number of carboxylic acid groups (broad SMARTS) is 1. The van der Waals surface area contributed by atoms with Crippen molar-refractivity contribution in [3.63, 3.8) is 0 Å². The lowest BCUT2D eigenvalue weighted by Crippen LogP contribution is -2.39. The Morgan fingerprint density at radius 2 is 1.63 bits per heavy atom. The molecule has 0 saturated carbocycles. The molecule has 1 aliphatic rings. The smallest absolute Gasteiger partial charge is 0.335 e. The molecule has 1 aliphatic carbocycles. The van der Waals surface area contributed by atoms with Gasteiger partial charge in [0, 0.05) is 0 Å². The quantitative estimate of drug-likeness (QED) is 0.531. The van der Waals surface area contributed by atoms with Crippen molar-refractivity contribution in [2.24, 2.45) is 0 Å². The van der Waals surface area contributed by atoms with E-state index in [0.29, 0.717) is 6.42 Å². The van der Waals surface area contributed by atoms with Gasteiger partial charge in [-0.1, -0.05) is 50.3 Å². The van der Waals surface area contributed by atoms with Crippen LogP contribution in [0, 0.1) is 0 Å². The highest BCUT2D eigenvalue weighted by atomic mass is 16.5. The summed E-state index contributed by atoms with van der Waals surface area (Å²) >= 11 is 0. The molecule has 2 N–H and O–H groups in total. The summed E-state index contributed by atoms with van der Waals surface area (Å²) in [5, 5.41) is 20.4. The van der Waals surface area contributed by atoms with Gasteiger partial charge in [-0.05, 0) is 65.6 Å². The fraction of sp³-hybridized carbons (Fsp3) is 0.360. The van der Waals surface area contributed by atoms with Crippen LogP contribution >= 0.6 is 0 Å². The molecule has 0 fully saturated rings. The highest BCUT2D eigenvalue weighted by Gasteiger charge is 2.43. The zero-order valence-corrected chi connectivity index (χ0v) is 17.6. The van der Waals surface area contributed by atoms with E-state index in [2.05, 4.69) is 13.8 Å². The summed E-state index contributed by atoms with van der Waals surface area (Å²) in [5.41, 5.74) is 2.50. The van der Waals surface area contributed by atoms with Gasteiger partial charge in [0.1, 0.15) is 5.60 Å². The van der Waals surface area contributed by atoms with Gasteiger partial charge < -0.3 is 14.9 Å². The van der Waals surface area contributed by atoms with E-state index in [-0.39, 0.29) is 24.0 Å². The number of rotatable bonds is 6. The lowest BCUT2D eigenvalue weighted by molar-refractivity contribution is -0.150. The molecule has 2 aromatic carbocycles. The third kappa shape index (κ3) is 4.62. The van der Waals surface area contributed by atoms with Gasteiger partial charge in [0.25, 0.3) is 0 Å². The molecule has 1 unspecified atom stereocenters. The number of carbonyl (C=O) groups is 2. The van der Waals surface area contributed by atoms with Crippen LogP contribution in [0.1, 0.15) is 72.6 Å². The lowest BCUT2D eigenvalue weighted by Gasteiger charge is -2.42. The Hall–Kier alpha value is -2.92. The van der Waals surface area contributed by atoms with Gasteiger partial charge in [0.05, 0.1) is 18.6 Å². The number of hydrogen-bond acceptors (Lipinski definition) is 4. The Bertz CT molecular complexity index is 972. The van der Waals surface area contributed by atoms with Crippen LogP contribution in [0.2, 0.25) is 0 Å². The van der Waals surface area contributed by atoms with Crippen LogP contribution in [0.25, 0.3) is 12.2 Å². The molecular weight excluding hydrogens is 380 g/mol. The first-order chi connectivity index (χ1) is 14.1. The second-order valence-corrected chi connectivity index (χ2v) is 8.46. The second kappa shape index (κ2) is 8.44. The highest BCUT2D eigenvalue weighted by molar-refractivity contribution is 5.88. The SMILES string of the molecule is CCOC(=O)CC1(O)CCC(C)(C)c2ccc(C=Cc3ccc(C(=O)O)cc3)cc21. The van der Waals surface area contributed by atoms with Crippen molar-refractivity contribution in [2.45, 2.75) is 51.0 Å². The molecule has 30 heavy (non-hydrogen) atoms. The maximum absolute atomic E-state index is 12.1. The standard InChI is InChI=1S/C25H28O5/c1-4-30-22(26)16-25(29)14-13-24(2,3)20-12-9-18(15-21(20)25)6-5-17-7-10-19(11-8-17)23(27)28/h5-12,15,29H,4,13-14,16H2,1-3H3,(H,27,28). The van der Waals surface area contributed by atoms with Crippen molar-refractivity contribution in [2.75, 3.05) is 6.61 Å². The molecule has 0 radical (unpaired) electrons. The predicted molar refractivity (Wildman–Crippen MR) is 116 cm³/mol. The molecule has 158 valence electrons. The van der Waals surface area contributed by atoms with Gasteiger partial charge in [-0.25, -0.2) is 4.79 Å². The Labute approximate surface area is 177 Å². The Kier molecular flexibility index (Phi) is 6.13. The molecular formula is C25H28O5. The molecule has 0 bridgehead atoms. The minimum atomic E-state index is -1.25. The molecule has 0 spiro atoms. The average Bonchev–Trinajstić information content (AvgIpc) is 2.70. The molecule has 0 aromatic heterocycles. The van der Waals surface area contributed by atoms with Gasteiger partial charge >= 0.3 is 11.9 Å². The molecule has 0 saturated heterocycles. The number of aromatic carboxylic acids is 1. The van der Waals surface area contributed by atoms with Crippen molar-refractivity contribution >= 4 is 24.1 Å². The van der Waals surface area contributed by atoms with Crippen LogP contribution < -0.4 is 0 Å². The van der Waals surface area contributed by atoms with E-state index in [9.17, 15) is 14.7 Å². The highest BCUT2D eigenvalue weighted by Crippen LogP contribution is 2.46. The Morgan fingerprint density at radius 3 is 2.27 bits per heavy atom. The van der Waals surface area contributed by atoms with E-state index in [1.807, 2.05) is 30.4 Å². The summed E-state index contributed by atoms with van der Waals surface area (Å²) in [7, 11) is 0. The fourth-order valence-corrected chi connectivity index (χ4v) is 3.99. The van der Waals surface area contributed by atoms with Crippen molar-refractivity contribution in [3.05, 3.63) is 70.3 Å². The number of aliphatic hydroxyl groups is 1. The lowest BCUT2D eigenvalue weighted by atomic mass is 9.65. The first-order valence-corrected chi connectivity index (χ1v) is 10.2. The zero-order chi connectivity index (χ0) is 21.9. The normalized spacial score (nSPS) is 20.0. The molecule has 0 amide bonds. The molecule has 1 atom stereocenters. The number of benzene rings is 2. The van der Waals surface area contributed by atoms with Crippen LogP contribution in [0.15, 0.2) is 42.5 Å². The summed E-state index contributed by atoms with van der Waals surface area (Å²) in [6.45, 7) is 6.34. The summed E-state index contributed by atoms with van der Waals surface area (Å²) in [6.07, 6.45) is 5.03. The number of fused-ring (bicyclic) bond motifs is 1. The van der Waals surface area contributed by atoms with Crippen molar-refractivity contribution in [3.8, 4) is 0 Å². The van der Waals surface area contributed by atoms with Gasteiger partial charge in [-0.3, -0.25) is 4.79 Å². The number of ether oxygens (including phenoxy) is 1. The Balaban J connectivity index is 1.92. The molecule has 2 aromatic rings. The summed E-state index contributed by atoms with van der Waals surface area (Å²) in [5.74, 6) is -1.35. The first kappa shape index (κ1) is 21.8. The number of esters is 1. The molecule has 0 aliphatic heterocycles. The van der Waals surface area contributed by atoms with Gasteiger partial charge in [-0.2, -0.15) is 0 Å². The van der Waals surface area contributed by atoms with Gasteiger partial charge in [0.2, 0.25) is 0 Å². The maximum Gasteiger partial charge on any atom is 0.335 e. The molecule has 3 rings (SSSR count). The van der Waals surface area contributed by atoms with Gasteiger partial charge in [-0.15, -0.1) is 0 Å². The topological polar surface area (TPSA) is 83.8 Å². The molecule has 5 heteroatoms. The number of carbonyl (C=O) groups excluding carboxylic acids is 1. The van der Waals surface area contributed by atoms with E-state index < -0.39 is 17.5 Å². The summed E-state index contributed by atoms with van der Waals surface area (Å²) in [4.78, 5) is 23.1. The van der Waals surface area contributed by atoms with Crippen LogP contribution in [0.4, 0.5) is 0 Å². The van der Waals surface area contributed by atoms with Crippen LogP contribution in [-0.4, -0.2) is 28.8 Å². The third-order valence-corrected chi connectivity index (χ3v) is 5.81. The van der Waals surface area contributed by atoms with E-state index in [4.69, 9.17) is 9.84 Å². The van der Waals surface area contributed by atoms with E-state index in [1.165, 1.54) is 0 Å². The largest absolute Gasteiger partial charge is 0.478 e. The number of hydrogen-bond donors (Lipinski definition) is 2. The van der Waals surface area contributed by atoms with Gasteiger partial charge in [0.15, 0.2) is 0 Å². The minimum absolute atomic E-state index is 0.0618. The van der Waals surface area contributed by atoms with Crippen molar-refractivity contribution in [1.29, 1.82) is 0 Å². The molecule has 5 nitrogen and oxygen atoms in total. The van der Waals surface area contributed by atoms with Crippen LogP contribution in [0.5, 0.6) is 0 Å². The maximum atomic E-state index is 12.1. The second-order valence-electron chi connectivity index (χ2n) is 8.46. The summed E-state index contributed by atoms with van der Waals surface area (Å²) in [6, 6.07) is 12.6. The fourth-order valence-electron chi connectivity index (χ4n) is 3.99. The van der Waals surface area contributed by atoms with Crippen molar-refractivity contribution in [1.82, 2.24) is 0 Å². The van der Waals surface area contributed by atoms with Crippen LogP contribution in [0.3, 0.4) is 0 Å².